The van der Waals surface area contributed by atoms with Gasteiger partial charge >= 0.3 is 0 Å². The molecule has 3 aliphatic rings. The smallest absolute Gasteiger partial charge is 0.226 e. The first-order chi connectivity index (χ1) is 13.1. The number of carbonyl (C=O) groups excluding carboxylic acids is 2. The SMILES string of the molecule is Cc1cccc(-c2noc(CCCC(=O)N3C[C@H]4CC[C@@H](C3)C(=O)N4)n2)c1. The van der Waals surface area contributed by atoms with Crippen LogP contribution in [0.3, 0.4) is 0 Å². The summed E-state index contributed by atoms with van der Waals surface area (Å²) >= 11 is 0. The lowest BCUT2D eigenvalue weighted by Crippen LogP contribution is -2.43. The molecular weight excluding hydrogens is 344 g/mol. The molecule has 1 aromatic heterocycles. The van der Waals surface area contributed by atoms with E-state index in [4.69, 9.17) is 4.52 Å². The summed E-state index contributed by atoms with van der Waals surface area (Å²) in [6.45, 7) is 3.19. The molecule has 2 amide bonds. The molecule has 2 bridgehead atoms. The van der Waals surface area contributed by atoms with Gasteiger partial charge in [0.15, 0.2) is 0 Å². The molecule has 0 radical (unpaired) electrons. The molecule has 7 nitrogen and oxygen atoms in total. The lowest BCUT2D eigenvalue weighted by molar-refractivity contribution is -0.132. The number of aryl methyl sites for hydroxylation is 2. The van der Waals surface area contributed by atoms with Crippen LogP contribution in [0.25, 0.3) is 11.4 Å². The normalized spacial score (nSPS) is 21.8. The van der Waals surface area contributed by atoms with Crippen LogP contribution in [-0.2, 0) is 16.0 Å². The molecule has 0 saturated carbocycles. The molecule has 1 aromatic carbocycles. The Morgan fingerprint density at radius 1 is 1.33 bits per heavy atom. The van der Waals surface area contributed by atoms with Gasteiger partial charge in [0.25, 0.3) is 0 Å². The van der Waals surface area contributed by atoms with Crippen LogP contribution in [0.15, 0.2) is 28.8 Å². The van der Waals surface area contributed by atoms with Gasteiger partial charge in [-0.3, -0.25) is 9.59 Å². The second kappa shape index (κ2) is 7.50. The standard InChI is InChI=1S/C20H24N4O3/c1-13-4-2-5-14(10-13)19-22-17(27-23-19)6-3-7-18(25)24-11-15-8-9-16(12-24)21-20(15)26/h2,4-5,10,15-16H,3,6-9,11-12H2,1H3,(H,21,26)/t15-,16+/m0/s1. The molecule has 0 unspecified atom stereocenters. The van der Waals surface area contributed by atoms with Gasteiger partial charge in [0.1, 0.15) is 0 Å². The fourth-order valence-electron chi connectivity index (χ4n) is 3.85. The average molecular weight is 368 g/mol. The van der Waals surface area contributed by atoms with Crippen LogP contribution in [0.4, 0.5) is 0 Å². The largest absolute Gasteiger partial charge is 0.351 e. The fourth-order valence-corrected chi connectivity index (χ4v) is 3.85. The Kier molecular flexibility index (Phi) is 4.92. The number of hydrogen-bond donors (Lipinski definition) is 1. The Morgan fingerprint density at radius 3 is 3.04 bits per heavy atom. The van der Waals surface area contributed by atoms with Crippen LogP contribution in [0, 0.1) is 12.8 Å². The minimum Gasteiger partial charge on any atom is -0.351 e. The Morgan fingerprint density at radius 2 is 2.22 bits per heavy atom. The van der Waals surface area contributed by atoms with Crippen LogP contribution in [-0.4, -0.2) is 46.0 Å². The Balaban J connectivity index is 1.30. The molecule has 27 heavy (non-hydrogen) atoms. The Hall–Kier alpha value is -2.70. The number of rotatable bonds is 5. The maximum absolute atomic E-state index is 12.6. The van der Waals surface area contributed by atoms with E-state index in [0.29, 0.717) is 44.1 Å². The number of amides is 2. The van der Waals surface area contributed by atoms with Crippen molar-refractivity contribution in [2.75, 3.05) is 13.1 Å². The number of aromatic nitrogens is 2. The van der Waals surface area contributed by atoms with E-state index in [0.717, 1.165) is 24.0 Å². The van der Waals surface area contributed by atoms with Gasteiger partial charge in [0.05, 0.1) is 5.92 Å². The zero-order chi connectivity index (χ0) is 18.8. The van der Waals surface area contributed by atoms with Gasteiger partial charge in [-0.25, -0.2) is 0 Å². The van der Waals surface area contributed by atoms with E-state index in [1.807, 2.05) is 36.1 Å². The minimum atomic E-state index is -0.0551. The number of fused-ring (bicyclic) bond motifs is 4. The van der Waals surface area contributed by atoms with Crippen molar-refractivity contribution in [1.82, 2.24) is 20.4 Å². The summed E-state index contributed by atoms with van der Waals surface area (Å²) in [4.78, 5) is 30.7. The van der Waals surface area contributed by atoms with Gasteiger partial charge in [-0.15, -0.1) is 0 Å². The molecule has 3 fully saturated rings. The summed E-state index contributed by atoms with van der Waals surface area (Å²) in [6, 6.07) is 8.06. The van der Waals surface area contributed by atoms with Crippen molar-refractivity contribution in [2.45, 2.75) is 45.1 Å². The predicted molar refractivity (Wildman–Crippen MR) is 98.6 cm³/mol. The summed E-state index contributed by atoms with van der Waals surface area (Å²) in [7, 11) is 0. The number of nitrogens with one attached hydrogen (secondary N) is 1. The molecule has 4 heterocycles. The summed E-state index contributed by atoms with van der Waals surface area (Å²) in [5, 5.41) is 7.04. The molecule has 0 spiro atoms. The van der Waals surface area contributed by atoms with E-state index in [9.17, 15) is 9.59 Å². The molecule has 1 N–H and O–H groups in total. The first-order valence-corrected chi connectivity index (χ1v) is 9.56. The lowest BCUT2D eigenvalue weighted by atomic mass is 9.96. The maximum atomic E-state index is 12.6. The van der Waals surface area contributed by atoms with Gasteiger partial charge in [0.2, 0.25) is 23.5 Å². The number of nitrogens with zero attached hydrogens (tertiary/aromatic N) is 3. The molecule has 2 aromatic rings. The van der Waals surface area contributed by atoms with Crippen molar-refractivity contribution < 1.29 is 14.1 Å². The number of benzene rings is 1. The average Bonchev–Trinajstić information content (AvgIpc) is 2.94. The molecule has 5 rings (SSSR count). The van der Waals surface area contributed by atoms with Crippen LogP contribution < -0.4 is 5.32 Å². The topological polar surface area (TPSA) is 88.3 Å². The van der Waals surface area contributed by atoms with Gasteiger partial charge in [-0.05, 0) is 32.3 Å². The summed E-state index contributed by atoms with van der Waals surface area (Å²) in [6.07, 6.45) is 3.49. The quantitative estimate of drug-likeness (QED) is 0.873. The molecule has 142 valence electrons. The van der Waals surface area contributed by atoms with Gasteiger partial charge < -0.3 is 14.7 Å². The van der Waals surface area contributed by atoms with Crippen molar-refractivity contribution in [1.29, 1.82) is 0 Å². The van der Waals surface area contributed by atoms with Crippen LogP contribution in [0.2, 0.25) is 0 Å². The molecule has 3 saturated heterocycles. The van der Waals surface area contributed by atoms with E-state index in [2.05, 4.69) is 15.5 Å². The fraction of sp³-hybridized carbons (Fsp3) is 0.500. The highest BCUT2D eigenvalue weighted by molar-refractivity contribution is 5.83. The molecule has 0 aliphatic carbocycles. The van der Waals surface area contributed by atoms with Crippen molar-refractivity contribution >= 4 is 11.8 Å². The van der Waals surface area contributed by atoms with E-state index < -0.39 is 0 Å². The second-order valence-corrected chi connectivity index (χ2v) is 7.51. The third-order valence-corrected chi connectivity index (χ3v) is 5.34. The van der Waals surface area contributed by atoms with Gasteiger partial charge in [-0.2, -0.15) is 4.98 Å². The first kappa shape index (κ1) is 17.7. The predicted octanol–water partition coefficient (Wildman–Crippen LogP) is 2.10. The lowest BCUT2D eigenvalue weighted by Gasteiger charge is -2.22. The monoisotopic (exact) mass is 368 g/mol. The van der Waals surface area contributed by atoms with E-state index in [-0.39, 0.29) is 23.8 Å². The third-order valence-electron chi connectivity index (χ3n) is 5.34. The Labute approximate surface area is 158 Å². The number of carbonyl (C=O) groups is 2. The molecule has 7 heteroatoms. The van der Waals surface area contributed by atoms with Crippen molar-refractivity contribution in [3.8, 4) is 11.4 Å². The summed E-state index contributed by atoms with van der Waals surface area (Å²) in [5.74, 6) is 1.26. The van der Waals surface area contributed by atoms with E-state index >= 15 is 0 Å². The highest BCUT2D eigenvalue weighted by Crippen LogP contribution is 2.23. The van der Waals surface area contributed by atoms with Crippen molar-refractivity contribution in [2.24, 2.45) is 5.92 Å². The van der Waals surface area contributed by atoms with E-state index in [1.54, 1.807) is 0 Å². The Bertz CT molecular complexity index is 847. The third kappa shape index (κ3) is 4.02. The number of hydrogen-bond acceptors (Lipinski definition) is 5. The van der Waals surface area contributed by atoms with E-state index in [1.165, 1.54) is 0 Å². The zero-order valence-corrected chi connectivity index (χ0v) is 15.5. The highest BCUT2D eigenvalue weighted by atomic mass is 16.5. The van der Waals surface area contributed by atoms with Crippen molar-refractivity contribution in [3.63, 3.8) is 0 Å². The summed E-state index contributed by atoms with van der Waals surface area (Å²) < 4.78 is 5.32. The maximum Gasteiger partial charge on any atom is 0.226 e. The first-order valence-electron chi connectivity index (χ1n) is 9.56. The van der Waals surface area contributed by atoms with Crippen LogP contribution >= 0.6 is 0 Å². The highest BCUT2D eigenvalue weighted by Gasteiger charge is 2.36. The molecular formula is C20H24N4O3. The summed E-state index contributed by atoms with van der Waals surface area (Å²) in [5.41, 5.74) is 2.07. The van der Waals surface area contributed by atoms with Gasteiger partial charge in [-0.1, -0.05) is 28.9 Å². The van der Waals surface area contributed by atoms with Crippen LogP contribution in [0.5, 0.6) is 0 Å². The molecule has 3 aliphatic heterocycles. The van der Waals surface area contributed by atoms with Crippen LogP contribution in [0.1, 0.15) is 37.1 Å². The molecule has 2 atom stereocenters. The number of piperidine rings is 1. The minimum absolute atomic E-state index is 0.0551. The zero-order valence-electron chi connectivity index (χ0n) is 15.5. The second-order valence-electron chi connectivity index (χ2n) is 7.51. The van der Waals surface area contributed by atoms with Crippen molar-refractivity contribution in [3.05, 3.63) is 35.7 Å². The van der Waals surface area contributed by atoms with Gasteiger partial charge in [0, 0.05) is 37.5 Å².